The zero-order valence-corrected chi connectivity index (χ0v) is 18.8. The monoisotopic (exact) mass is 383 g/mol. The van der Waals surface area contributed by atoms with E-state index >= 15 is 0 Å². The molecule has 0 aromatic carbocycles. The molecule has 0 bridgehead atoms. The van der Waals surface area contributed by atoms with E-state index in [1.54, 1.807) is 0 Å². The van der Waals surface area contributed by atoms with Gasteiger partial charge in [-0.1, -0.05) is 71.3 Å². The Morgan fingerprint density at radius 2 is 1.39 bits per heavy atom. The van der Waals surface area contributed by atoms with Gasteiger partial charge < -0.3 is 0 Å². The molecule has 0 unspecified atom stereocenters. The summed E-state index contributed by atoms with van der Waals surface area (Å²) in [7, 11) is 0. The van der Waals surface area contributed by atoms with Crippen LogP contribution in [0.5, 0.6) is 0 Å². The summed E-state index contributed by atoms with van der Waals surface area (Å²) in [5.74, 6) is 3.84. The van der Waals surface area contributed by atoms with Crippen molar-refractivity contribution in [2.75, 3.05) is 0 Å². The first-order valence-electron chi connectivity index (χ1n) is 12.7. The van der Waals surface area contributed by atoms with Crippen LogP contribution in [-0.2, 0) is 6.42 Å². The van der Waals surface area contributed by atoms with Gasteiger partial charge in [-0.3, -0.25) is 4.98 Å². The molecular formula is C27H45N. The van der Waals surface area contributed by atoms with Crippen LogP contribution in [0.2, 0.25) is 0 Å². The van der Waals surface area contributed by atoms with Crippen LogP contribution in [-0.4, -0.2) is 4.98 Å². The SMILES string of the molecule is CCCCCc1ccc(C2CCC([C@H]3CC[C@H](CCCCC)CC3)CC2)nc1. The van der Waals surface area contributed by atoms with Crippen molar-refractivity contribution in [3.05, 3.63) is 29.6 Å². The van der Waals surface area contributed by atoms with Crippen LogP contribution in [0.15, 0.2) is 18.3 Å². The van der Waals surface area contributed by atoms with Gasteiger partial charge in [0, 0.05) is 17.8 Å². The van der Waals surface area contributed by atoms with Gasteiger partial charge in [0.15, 0.2) is 0 Å². The van der Waals surface area contributed by atoms with Crippen molar-refractivity contribution in [3.8, 4) is 0 Å². The predicted molar refractivity (Wildman–Crippen MR) is 122 cm³/mol. The first-order valence-corrected chi connectivity index (χ1v) is 12.7. The zero-order chi connectivity index (χ0) is 19.6. The van der Waals surface area contributed by atoms with Crippen molar-refractivity contribution in [1.82, 2.24) is 4.98 Å². The molecule has 2 saturated carbocycles. The third-order valence-electron chi connectivity index (χ3n) is 7.88. The second-order valence-electron chi connectivity index (χ2n) is 9.94. The van der Waals surface area contributed by atoms with E-state index in [0.717, 1.165) is 23.7 Å². The minimum Gasteiger partial charge on any atom is -0.261 e. The molecule has 2 aliphatic carbocycles. The fourth-order valence-electron chi connectivity index (χ4n) is 5.92. The molecule has 28 heavy (non-hydrogen) atoms. The van der Waals surface area contributed by atoms with Gasteiger partial charge in [-0.05, 0) is 80.8 Å². The maximum Gasteiger partial charge on any atom is 0.0434 e. The maximum absolute atomic E-state index is 4.86. The highest BCUT2D eigenvalue weighted by Gasteiger charge is 2.31. The third-order valence-corrected chi connectivity index (χ3v) is 7.88. The van der Waals surface area contributed by atoms with Crippen molar-refractivity contribution in [1.29, 1.82) is 0 Å². The lowest BCUT2D eigenvalue weighted by molar-refractivity contribution is 0.155. The average molecular weight is 384 g/mol. The number of aryl methyl sites for hydroxylation is 1. The Bertz CT molecular complexity index is 518. The van der Waals surface area contributed by atoms with Crippen molar-refractivity contribution in [3.63, 3.8) is 0 Å². The molecule has 0 atom stereocenters. The molecule has 1 aromatic heterocycles. The standard InChI is InChI=1S/C27H45N/c1-3-5-7-9-22-11-14-24(15-12-22)25-16-18-26(19-17-25)27-20-13-23(21-28-27)10-8-6-4-2/h13,20-22,24-26H,3-12,14-19H2,1-2H3/t22-,24-,25?,26?. The molecule has 2 fully saturated rings. The molecule has 158 valence electrons. The Morgan fingerprint density at radius 1 is 0.750 bits per heavy atom. The summed E-state index contributed by atoms with van der Waals surface area (Å²) in [5.41, 5.74) is 2.80. The first kappa shape index (κ1) is 21.8. The largest absolute Gasteiger partial charge is 0.261 e. The number of aromatic nitrogens is 1. The molecule has 1 aromatic rings. The van der Waals surface area contributed by atoms with E-state index < -0.39 is 0 Å². The second-order valence-corrected chi connectivity index (χ2v) is 9.94. The molecule has 0 spiro atoms. The molecule has 0 radical (unpaired) electrons. The highest BCUT2D eigenvalue weighted by Crippen LogP contribution is 2.44. The third kappa shape index (κ3) is 6.60. The van der Waals surface area contributed by atoms with Crippen LogP contribution >= 0.6 is 0 Å². The minimum absolute atomic E-state index is 0.728. The fraction of sp³-hybridized carbons (Fsp3) is 0.815. The molecule has 0 aliphatic heterocycles. The number of rotatable bonds is 10. The quantitative estimate of drug-likeness (QED) is 0.369. The summed E-state index contributed by atoms with van der Waals surface area (Å²) in [5, 5.41) is 0. The summed E-state index contributed by atoms with van der Waals surface area (Å²) >= 11 is 0. The van der Waals surface area contributed by atoms with Gasteiger partial charge in [0.25, 0.3) is 0 Å². The van der Waals surface area contributed by atoms with E-state index in [2.05, 4.69) is 32.2 Å². The molecule has 0 N–H and O–H groups in total. The lowest BCUT2D eigenvalue weighted by Gasteiger charge is -2.38. The van der Waals surface area contributed by atoms with Gasteiger partial charge in [-0.2, -0.15) is 0 Å². The Balaban J connectivity index is 1.38. The Morgan fingerprint density at radius 3 is 2.00 bits per heavy atom. The van der Waals surface area contributed by atoms with Crippen LogP contribution in [0, 0.1) is 17.8 Å². The maximum atomic E-state index is 4.86. The summed E-state index contributed by atoms with van der Waals surface area (Å²) < 4.78 is 0. The zero-order valence-electron chi connectivity index (χ0n) is 18.8. The van der Waals surface area contributed by atoms with Crippen molar-refractivity contribution < 1.29 is 0 Å². The first-order chi connectivity index (χ1) is 13.8. The summed E-state index contributed by atoms with van der Waals surface area (Å²) in [6.45, 7) is 4.60. The Hall–Kier alpha value is -0.850. The Kier molecular flexibility index (Phi) is 9.35. The smallest absolute Gasteiger partial charge is 0.0434 e. The summed E-state index contributed by atoms with van der Waals surface area (Å²) in [6, 6.07) is 4.69. The van der Waals surface area contributed by atoms with Gasteiger partial charge in [0.05, 0.1) is 0 Å². The van der Waals surface area contributed by atoms with Crippen LogP contribution in [0.1, 0.15) is 127 Å². The highest BCUT2D eigenvalue weighted by atomic mass is 14.7. The van der Waals surface area contributed by atoms with Crippen molar-refractivity contribution in [2.45, 2.75) is 122 Å². The number of hydrogen-bond acceptors (Lipinski definition) is 1. The number of nitrogens with zero attached hydrogens (tertiary/aromatic N) is 1. The lowest BCUT2D eigenvalue weighted by atomic mass is 9.68. The van der Waals surface area contributed by atoms with Gasteiger partial charge >= 0.3 is 0 Å². The van der Waals surface area contributed by atoms with E-state index in [4.69, 9.17) is 4.98 Å². The van der Waals surface area contributed by atoms with Gasteiger partial charge in [-0.25, -0.2) is 0 Å². The van der Waals surface area contributed by atoms with E-state index in [1.807, 2.05) is 0 Å². The number of unbranched alkanes of at least 4 members (excludes halogenated alkanes) is 4. The van der Waals surface area contributed by atoms with E-state index in [9.17, 15) is 0 Å². The fourth-order valence-corrected chi connectivity index (χ4v) is 5.92. The second kappa shape index (κ2) is 12.0. The molecule has 1 nitrogen and oxygen atoms in total. The van der Waals surface area contributed by atoms with Crippen LogP contribution in [0.3, 0.4) is 0 Å². The van der Waals surface area contributed by atoms with Crippen LogP contribution < -0.4 is 0 Å². The van der Waals surface area contributed by atoms with Gasteiger partial charge in [0.1, 0.15) is 0 Å². The number of pyridine rings is 1. The van der Waals surface area contributed by atoms with E-state index in [1.165, 1.54) is 114 Å². The van der Waals surface area contributed by atoms with Crippen LogP contribution in [0.4, 0.5) is 0 Å². The molecule has 0 amide bonds. The van der Waals surface area contributed by atoms with Gasteiger partial charge in [-0.15, -0.1) is 0 Å². The lowest BCUT2D eigenvalue weighted by Crippen LogP contribution is -2.25. The number of hydrogen-bond donors (Lipinski definition) is 0. The van der Waals surface area contributed by atoms with Crippen molar-refractivity contribution in [2.24, 2.45) is 17.8 Å². The minimum atomic E-state index is 0.728. The normalized spacial score (nSPS) is 28.4. The topological polar surface area (TPSA) is 12.9 Å². The molecule has 1 heterocycles. The summed E-state index contributed by atoms with van der Waals surface area (Å²) in [4.78, 5) is 4.86. The molecule has 1 heteroatoms. The van der Waals surface area contributed by atoms with E-state index in [0.29, 0.717) is 0 Å². The Labute approximate surface area is 175 Å². The average Bonchev–Trinajstić information content (AvgIpc) is 2.75. The molecule has 3 rings (SSSR count). The van der Waals surface area contributed by atoms with Crippen LogP contribution in [0.25, 0.3) is 0 Å². The molecular weight excluding hydrogens is 338 g/mol. The summed E-state index contributed by atoms with van der Waals surface area (Å²) in [6.07, 6.45) is 24.9. The van der Waals surface area contributed by atoms with Gasteiger partial charge in [0.2, 0.25) is 0 Å². The predicted octanol–water partition coefficient (Wildman–Crippen LogP) is 8.47. The van der Waals surface area contributed by atoms with E-state index in [-0.39, 0.29) is 0 Å². The highest BCUT2D eigenvalue weighted by molar-refractivity contribution is 5.17. The molecule has 2 aliphatic rings. The molecule has 0 saturated heterocycles. The van der Waals surface area contributed by atoms with Crippen molar-refractivity contribution >= 4 is 0 Å².